The van der Waals surface area contributed by atoms with Crippen molar-refractivity contribution in [2.75, 3.05) is 5.32 Å². The monoisotopic (exact) mass is 247 g/mol. The van der Waals surface area contributed by atoms with Gasteiger partial charge in [0.05, 0.1) is 5.56 Å². The van der Waals surface area contributed by atoms with Crippen molar-refractivity contribution in [3.63, 3.8) is 0 Å². The molecule has 2 rings (SSSR count). The van der Waals surface area contributed by atoms with Crippen molar-refractivity contribution >= 4 is 23.3 Å². The van der Waals surface area contributed by atoms with Gasteiger partial charge in [-0.1, -0.05) is 17.7 Å². The van der Waals surface area contributed by atoms with E-state index in [0.29, 0.717) is 11.4 Å². The highest BCUT2D eigenvalue weighted by atomic mass is 35.5. The summed E-state index contributed by atoms with van der Waals surface area (Å²) in [6.45, 7) is 1.85. The van der Waals surface area contributed by atoms with E-state index in [-0.39, 0.29) is 11.1 Å². The van der Waals surface area contributed by atoms with E-state index in [1.165, 1.54) is 6.20 Å². The van der Waals surface area contributed by atoms with Crippen molar-refractivity contribution in [1.82, 2.24) is 9.97 Å². The molecule has 0 radical (unpaired) electrons. The van der Waals surface area contributed by atoms with Crippen LogP contribution in [0, 0.1) is 6.92 Å². The number of rotatable bonds is 2. The molecule has 0 aromatic carbocycles. The number of nitrogens with zero attached hydrogens (tertiary/aromatic N) is 2. The predicted molar refractivity (Wildman–Crippen MR) is 66.2 cm³/mol. The van der Waals surface area contributed by atoms with Gasteiger partial charge in [0.25, 0.3) is 5.91 Å². The summed E-state index contributed by atoms with van der Waals surface area (Å²) in [5, 5.41) is 2.84. The van der Waals surface area contributed by atoms with Crippen LogP contribution in [-0.4, -0.2) is 15.9 Å². The second-order valence-electron chi connectivity index (χ2n) is 3.46. The van der Waals surface area contributed by atoms with Crippen LogP contribution in [-0.2, 0) is 0 Å². The molecular weight excluding hydrogens is 238 g/mol. The Morgan fingerprint density at radius 1 is 1.29 bits per heavy atom. The van der Waals surface area contributed by atoms with Gasteiger partial charge in [0.2, 0.25) is 0 Å². The van der Waals surface area contributed by atoms with E-state index in [0.717, 1.165) is 5.69 Å². The van der Waals surface area contributed by atoms with Crippen LogP contribution in [0.2, 0.25) is 5.15 Å². The number of carbonyl (C=O) groups is 1. The minimum absolute atomic E-state index is 0.178. The predicted octanol–water partition coefficient (Wildman–Crippen LogP) is 2.69. The summed E-state index contributed by atoms with van der Waals surface area (Å²) in [7, 11) is 0. The minimum Gasteiger partial charge on any atom is -0.306 e. The first-order chi connectivity index (χ1) is 8.16. The van der Waals surface area contributed by atoms with Crippen molar-refractivity contribution < 1.29 is 4.79 Å². The molecule has 1 amide bonds. The molecule has 0 aliphatic carbocycles. The van der Waals surface area contributed by atoms with E-state index in [1.54, 1.807) is 18.2 Å². The maximum absolute atomic E-state index is 11.9. The number of halogens is 1. The van der Waals surface area contributed by atoms with Gasteiger partial charge >= 0.3 is 0 Å². The zero-order valence-electron chi connectivity index (χ0n) is 9.14. The Labute approximate surface area is 104 Å². The number of aryl methyl sites for hydroxylation is 1. The first kappa shape index (κ1) is 11.5. The summed E-state index contributed by atoms with van der Waals surface area (Å²) in [6, 6.07) is 8.66. The van der Waals surface area contributed by atoms with E-state index in [4.69, 9.17) is 11.6 Å². The second-order valence-corrected chi connectivity index (χ2v) is 3.82. The standard InChI is InChI=1S/C12H10ClN3O/c1-8-4-2-6-10(15-8)16-12(17)9-5-3-7-14-11(9)13/h2-7H,1H3,(H,15,16,17). The molecule has 0 spiro atoms. The lowest BCUT2D eigenvalue weighted by Gasteiger charge is -2.05. The molecule has 0 saturated carbocycles. The molecular formula is C12H10ClN3O. The summed E-state index contributed by atoms with van der Waals surface area (Å²) in [6.07, 6.45) is 1.53. The molecule has 0 aliphatic heterocycles. The number of hydrogen-bond acceptors (Lipinski definition) is 3. The summed E-state index contributed by atoms with van der Waals surface area (Å²) < 4.78 is 0. The van der Waals surface area contributed by atoms with Crippen molar-refractivity contribution in [3.8, 4) is 0 Å². The van der Waals surface area contributed by atoms with Crippen LogP contribution in [0.5, 0.6) is 0 Å². The maximum Gasteiger partial charge on any atom is 0.259 e. The molecule has 0 aliphatic rings. The molecule has 2 heterocycles. The number of amides is 1. The van der Waals surface area contributed by atoms with E-state index in [1.807, 2.05) is 19.1 Å². The Morgan fingerprint density at radius 3 is 2.82 bits per heavy atom. The normalized spacial score (nSPS) is 10.0. The summed E-state index contributed by atoms with van der Waals surface area (Å²) in [5.74, 6) is 0.177. The van der Waals surface area contributed by atoms with Crippen molar-refractivity contribution in [1.29, 1.82) is 0 Å². The van der Waals surface area contributed by atoms with Gasteiger partial charge in [0.1, 0.15) is 11.0 Å². The van der Waals surface area contributed by atoms with Gasteiger partial charge in [-0.25, -0.2) is 9.97 Å². The topological polar surface area (TPSA) is 54.9 Å². The molecule has 0 fully saturated rings. The summed E-state index contributed by atoms with van der Waals surface area (Å²) >= 11 is 5.82. The van der Waals surface area contributed by atoms with Gasteiger partial charge in [-0.05, 0) is 31.2 Å². The molecule has 1 N–H and O–H groups in total. The summed E-state index contributed by atoms with van der Waals surface area (Å²) in [4.78, 5) is 19.9. The van der Waals surface area contributed by atoms with E-state index in [2.05, 4.69) is 15.3 Å². The number of anilines is 1. The van der Waals surface area contributed by atoms with Crippen LogP contribution in [0.25, 0.3) is 0 Å². The van der Waals surface area contributed by atoms with Gasteiger partial charge in [0, 0.05) is 11.9 Å². The number of carbonyl (C=O) groups excluding carboxylic acids is 1. The number of hydrogen-bond donors (Lipinski definition) is 1. The van der Waals surface area contributed by atoms with Crippen molar-refractivity contribution in [2.24, 2.45) is 0 Å². The van der Waals surface area contributed by atoms with E-state index >= 15 is 0 Å². The average Bonchev–Trinajstić information content (AvgIpc) is 2.29. The van der Waals surface area contributed by atoms with Crippen LogP contribution in [0.15, 0.2) is 36.5 Å². The molecule has 2 aromatic rings. The van der Waals surface area contributed by atoms with E-state index in [9.17, 15) is 4.79 Å². The second kappa shape index (κ2) is 4.93. The lowest BCUT2D eigenvalue weighted by Crippen LogP contribution is -2.14. The molecule has 0 unspecified atom stereocenters. The Hall–Kier alpha value is -1.94. The molecule has 4 nitrogen and oxygen atoms in total. The lowest BCUT2D eigenvalue weighted by atomic mass is 10.2. The summed E-state index contributed by atoms with van der Waals surface area (Å²) in [5.41, 5.74) is 1.16. The van der Waals surface area contributed by atoms with Crippen LogP contribution in [0.1, 0.15) is 16.1 Å². The number of pyridine rings is 2. The first-order valence-corrected chi connectivity index (χ1v) is 5.40. The largest absolute Gasteiger partial charge is 0.306 e. The Bertz CT molecular complexity index is 557. The fourth-order valence-electron chi connectivity index (χ4n) is 1.35. The Kier molecular flexibility index (Phi) is 3.35. The van der Waals surface area contributed by atoms with E-state index < -0.39 is 0 Å². The lowest BCUT2D eigenvalue weighted by molar-refractivity contribution is 0.102. The van der Waals surface area contributed by atoms with Crippen LogP contribution in [0.3, 0.4) is 0 Å². The maximum atomic E-state index is 11.9. The third-order valence-electron chi connectivity index (χ3n) is 2.13. The number of aromatic nitrogens is 2. The third kappa shape index (κ3) is 2.79. The zero-order valence-corrected chi connectivity index (χ0v) is 9.90. The van der Waals surface area contributed by atoms with Gasteiger partial charge in [0.15, 0.2) is 0 Å². The molecule has 0 saturated heterocycles. The average molecular weight is 248 g/mol. The Morgan fingerprint density at radius 2 is 2.12 bits per heavy atom. The fraction of sp³-hybridized carbons (Fsp3) is 0.0833. The van der Waals surface area contributed by atoms with Gasteiger partial charge in [-0.2, -0.15) is 0 Å². The molecule has 5 heteroatoms. The van der Waals surface area contributed by atoms with Crippen LogP contribution < -0.4 is 5.32 Å². The fourth-order valence-corrected chi connectivity index (χ4v) is 1.56. The number of nitrogens with one attached hydrogen (secondary N) is 1. The van der Waals surface area contributed by atoms with Crippen LogP contribution >= 0.6 is 11.6 Å². The SMILES string of the molecule is Cc1cccc(NC(=O)c2cccnc2Cl)n1. The highest BCUT2D eigenvalue weighted by Gasteiger charge is 2.11. The first-order valence-electron chi connectivity index (χ1n) is 5.02. The van der Waals surface area contributed by atoms with Gasteiger partial charge in [-0.3, -0.25) is 4.79 Å². The van der Waals surface area contributed by atoms with Crippen LogP contribution in [0.4, 0.5) is 5.82 Å². The van der Waals surface area contributed by atoms with Gasteiger partial charge < -0.3 is 5.32 Å². The minimum atomic E-state index is -0.318. The van der Waals surface area contributed by atoms with Crippen molar-refractivity contribution in [2.45, 2.75) is 6.92 Å². The van der Waals surface area contributed by atoms with Gasteiger partial charge in [-0.15, -0.1) is 0 Å². The molecule has 86 valence electrons. The smallest absolute Gasteiger partial charge is 0.259 e. The molecule has 17 heavy (non-hydrogen) atoms. The quantitative estimate of drug-likeness (QED) is 0.830. The molecule has 0 bridgehead atoms. The molecule has 2 aromatic heterocycles. The van der Waals surface area contributed by atoms with Crippen molar-refractivity contribution in [3.05, 3.63) is 52.9 Å². The highest BCUT2D eigenvalue weighted by Crippen LogP contribution is 2.13. The molecule has 0 atom stereocenters. The zero-order chi connectivity index (χ0) is 12.3. The third-order valence-corrected chi connectivity index (χ3v) is 2.43. The Balaban J connectivity index is 2.20. The highest BCUT2D eigenvalue weighted by molar-refractivity contribution is 6.33.